The van der Waals surface area contributed by atoms with E-state index in [0.717, 1.165) is 44.9 Å². The summed E-state index contributed by atoms with van der Waals surface area (Å²) in [7, 11) is 3.52. The molecule has 2 rings (SSSR count). The summed E-state index contributed by atoms with van der Waals surface area (Å²) in [5, 5.41) is 6.94. The second kappa shape index (κ2) is 10.9. The number of nitrogens with one attached hydrogen (secondary N) is 2. The van der Waals surface area contributed by atoms with Crippen molar-refractivity contribution in [1.82, 2.24) is 20.4 Å². The van der Waals surface area contributed by atoms with E-state index in [1.54, 1.807) is 19.0 Å². The molecule has 0 aliphatic carbocycles. The number of hydrogen-bond donors (Lipinski definition) is 2. The fourth-order valence-corrected chi connectivity index (χ4v) is 3.16. The van der Waals surface area contributed by atoms with E-state index in [0.29, 0.717) is 12.1 Å². The number of carbonyl (C=O) groups excluding carboxylic acids is 1. The van der Waals surface area contributed by atoms with E-state index in [9.17, 15) is 4.79 Å². The van der Waals surface area contributed by atoms with Gasteiger partial charge in [0.15, 0.2) is 5.96 Å². The molecule has 6 nitrogen and oxygen atoms in total. The second-order valence-electron chi connectivity index (χ2n) is 7.66. The third-order valence-electron chi connectivity index (χ3n) is 5.02. The van der Waals surface area contributed by atoms with Crippen LogP contribution in [0.15, 0.2) is 35.3 Å². The fourth-order valence-electron chi connectivity index (χ4n) is 3.16. The van der Waals surface area contributed by atoms with Gasteiger partial charge < -0.3 is 20.4 Å². The van der Waals surface area contributed by atoms with E-state index in [2.05, 4.69) is 58.6 Å². The lowest BCUT2D eigenvalue weighted by molar-refractivity contribution is -0.127. The van der Waals surface area contributed by atoms with Gasteiger partial charge in [0.25, 0.3) is 0 Å². The molecule has 0 spiro atoms. The largest absolute Gasteiger partial charge is 0.356 e. The van der Waals surface area contributed by atoms with Crippen molar-refractivity contribution in [2.45, 2.75) is 45.2 Å². The number of nitrogens with zero attached hydrogens (tertiary/aromatic N) is 3. The van der Waals surface area contributed by atoms with Crippen molar-refractivity contribution in [2.75, 3.05) is 40.3 Å². The number of carbonyl (C=O) groups is 1. The third-order valence-corrected chi connectivity index (χ3v) is 5.02. The minimum absolute atomic E-state index is 0.00814. The van der Waals surface area contributed by atoms with Gasteiger partial charge in [0.2, 0.25) is 5.91 Å². The Balaban J connectivity index is 1.89. The minimum atomic E-state index is 0.00814. The summed E-state index contributed by atoms with van der Waals surface area (Å²) in [6.45, 7) is 7.65. The molecule has 1 aromatic rings. The SMILES string of the molecule is CC(C)N1CCC(NC(=NCC(=O)N(C)C)NCCc2ccccc2)CC1. The number of benzene rings is 1. The molecule has 1 heterocycles. The molecule has 1 aromatic carbocycles. The van der Waals surface area contributed by atoms with Crippen LogP contribution in [0.2, 0.25) is 0 Å². The molecule has 2 N–H and O–H groups in total. The molecule has 0 aromatic heterocycles. The van der Waals surface area contributed by atoms with Gasteiger partial charge >= 0.3 is 0 Å². The molecule has 0 saturated carbocycles. The predicted molar refractivity (Wildman–Crippen MR) is 112 cm³/mol. The Kier molecular flexibility index (Phi) is 8.58. The summed E-state index contributed by atoms with van der Waals surface area (Å²) in [4.78, 5) is 20.5. The molecule has 6 heteroatoms. The molecule has 1 saturated heterocycles. The first kappa shape index (κ1) is 21.2. The van der Waals surface area contributed by atoms with Crippen LogP contribution in [0.3, 0.4) is 0 Å². The summed E-state index contributed by atoms with van der Waals surface area (Å²) < 4.78 is 0. The number of rotatable bonds is 7. The molecular weight excluding hydrogens is 338 g/mol. The first-order valence-corrected chi connectivity index (χ1v) is 9.98. The zero-order valence-electron chi connectivity index (χ0n) is 17.2. The van der Waals surface area contributed by atoms with Gasteiger partial charge in [-0.25, -0.2) is 4.99 Å². The molecule has 1 aliphatic rings. The van der Waals surface area contributed by atoms with Crippen molar-refractivity contribution in [3.05, 3.63) is 35.9 Å². The second-order valence-corrected chi connectivity index (χ2v) is 7.66. The fraction of sp³-hybridized carbons (Fsp3) is 0.619. The van der Waals surface area contributed by atoms with Gasteiger partial charge in [0.1, 0.15) is 6.54 Å². The Bertz CT molecular complexity index is 592. The average Bonchev–Trinajstić information content (AvgIpc) is 2.66. The molecule has 0 radical (unpaired) electrons. The van der Waals surface area contributed by atoms with Gasteiger partial charge in [-0.2, -0.15) is 0 Å². The molecule has 0 bridgehead atoms. The first-order valence-electron chi connectivity index (χ1n) is 9.98. The van der Waals surface area contributed by atoms with E-state index in [4.69, 9.17) is 0 Å². The van der Waals surface area contributed by atoms with Crippen LogP contribution < -0.4 is 10.6 Å². The zero-order chi connectivity index (χ0) is 19.6. The smallest absolute Gasteiger partial charge is 0.243 e. The van der Waals surface area contributed by atoms with Gasteiger partial charge in [-0.1, -0.05) is 30.3 Å². The van der Waals surface area contributed by atoms with Gasteiger partial charge in [0, 0.05) is 45.8 Å². The van der Waals surface area contributed by atoms with E-state index in [1.165, 1.54) is 5.56 Å². The molecule has 150 valence electrons. The summed E-state index contributed by atoms with van der Waals surface area (Å²) in [6.07, 6.45) is 3.12. The van der Waals surface area contributed by atoms with Crippen molar-refractivity contribution < 1.29 is 4.79 Å². The van der Waals surface area contributed by atoms with Crippen LogP contribution in [0.1, 0.15) is 32.3 Å². The van der Waals surface area contributed by atoms with Crippen molar-refractivity contribution in [3.8, 4) is 0 Å². The number of amides is 1. The number of piperidine rings is 1. The minimum Gasteiger partial charge on any atom is -0.356 e. The maximum absolute atomic E-state index is 11.9. The van der Waals surface area contributed by atoms with Crippen molar-refractivity contribution in [2.24, 2.45) is 4.99 Å². The zero-order valence-corrected chi connectivity index (χ0v) is 17.2. The van der Waals surface area contributed by atoms with Crippen molar-refractivity contribution in [3.63, 3.8) is 0 Å². The van der Waals surface area contributed by atoms with E-state index < -0.39 is 0 Å². The van der Waals surface area contributed by atoms with Crippen LogP contribution in [0.4, 0.5) is 0 Å². The summed E-state index contributed by atoms with van der Waals surface area (Å²) >= 11 is 0. The molecule has 0 unspecified atom stereocenters. The van der Waals surface area contributed by atoms with Crippen molar-refractivity contribution >= 4 is 11.9 Å². The van der Waals surface area contributed by atoms with E-state index >= 15 is 0 Å². The number of guanidine groups is 1. The number of likely N-dealkylation sites (N-methyl/N-ethyl adjacent to an activating group) is 1. The number of likely N-dealkylation sites (tertiary alicyclic amines) is 1. The topological polar surface area (TPSA) is 60.0 Å². The third kappa shape index (κ3) is 7.59. The van der Waals surface area contributed by atoms with Gasteiger partial charge in [0.05, 0.1) is 0 Å². The molecule has 1 aliphatic heterocycles. The summed E-state index contributed by atoms with van der Waals surface area (Å²) in [5.74, 6) is 0.748. The molecule has 1 amide bonds. The monoisotopic (exact) mass is 373 g/mol. The van der Waals surface area contributed by atoms with Gasteiger partial charge in [-0.3, -0.25) is 4.79 Å². The van der Waals surface area contributed by atoms with Gasteiger partial charge in [-0.15, -0.1) is 0 Å². The lowest BCUT2D eigenvalue weighted by Gasteiger charge is -2.35. The van der Waals surface area contributed by atoms with E-state index in [1.807, 2.05) is 6.07 Å². The summed E-state index contributed by atoms with van der Waals surface area (Å²) in [5.41, 5.74) is 1.29. The molecule has 1 fully saturated rings. The average molecular weight is 374 g/mol. The Morgan fingerprint density at radius 1 is 1.22 bits per heavy atom. The Hall–Kier alpha value is -2.08. The Morgan fingerprint density at radius 3 is 2.48 bits per heavy atom. The predicted octanol–water partition coefficient (Wildman–Crippen LogP) is 1.73. The molecule has 0 atom stereocenters. The normalized spacial score (nSPS) is 16.4. The maximum atomic E-state index is 11.9. The first-order chi connectivity index (χ1) is 13.0. The maximum Gasteiger partial charge on any atom is 0.243 e. The Labute approximate surface area is 164 Å². The van der Waals surface area contributed by atoms with E-state index in [-0.39, 0.29) is 12.5 Å². The quantitative estimate of drug-likeness (QED) is 0.564. The highest BCUT2D eigenvalue weighted by atomic mass is 16.2. The highest BCUT2D eigenvalue weighted by Gasteiger charge is 2.21. The van der Waals surface area contributed by atoms with Crippen LogP contribution in [0.5, 0.6) is 0 Å². The lowest BCUT2D eigenvalue weighted by atomic mass is 10.0. The number of aliphatic imine (C=N–C) groups is 1. The van der Waals surface area contributed by atoms with Crippen LogP contribution in [-0.2, 0) is 11.2 Å². The highest BCUT2D eigenvalue weighted by molar-refractivity contribution is 5.84. The molecular formula is C21H35N5O. The Morgan fingerprint density at radius 2 is 1.89 bits per heavy atom. The van der Waals surface area contributed by atoms with Crippen LogP contribution in [0, 0.1) is 0 Å². The van der Waals surface area contributed by atoms with Crippen LogP contribution in [0.25, 0.3) is 0 Å². The van der Waals surface area contributed by atoms with Crippen molar-refractivity contribution in [1.29, 1.82) is 0 Å². The van der Waals surface area contributed by atoms with Crippen LogP contribution >= 0.6 is 0 Å². The lowest BCUT2D eigenvalue weighted by Crippen LogP contribution is -2.50. The standard InChI is InChI=1S/C21H35N5O/c1-17(2)26-14-11-19(12-15-26)24-21(23-16-20(27)25(3)4)22-13-10-18-8-6-5-7-9-18/h5-9,17,19H,10-16H2,1-4H3,(H2,22,23,24). The van der Waals surface area contributed by atoms with Crippen LogP contribution in [-0.4, -0.2) is 74.0 Å². The summed E-state index contributed by atoms with van der Waals surface area (Å²) in [6, 6.07) is 11.4. The highest BCUT2D eigenvalue weighted by Crippen LogP contribution is 2.12. The van der Waals surface area contributed by atoms with Gasteiger partial charge in [-0.05, 0) is 38.7 Å². The molecule has 27 heavy (non-hydrogen) atoms. The number of hydrogen-bond acceptors (Lipinski definition) is 3.